The molecule has 22 heavy (non-hydrogen) atoms. The molecule has 3 heterocycles. The van der Waals surface area contributed by atoms with E-state index in [1.165, 1.54) is 0 Å². The van der Waals surface area contributed by atoms with Crippen LogP contribution in [-0.2, 0) is 9.53 Å². The van der Waals surface area contributed by atoms with Crippen LogP contribution >= 0.6 is 11.6 Å². The van der Waals surface area contributed by atoms with E-state index in [4.69, 9.17) is 16.3 Å². The molecule has 0 bridgehead atoms. The summed E-state index contributed by atoms with van der Waals surface area (Å²) in [5, 5.41) is 8.38. The number of piperidine rings is 1. The third-order valence-corrected chi connectivity index (χ3v) is 4.64. The highest BCUT2D eigenvalue weighted by atomic mass is 35.5. The van der Waals surface area contributed by atoms with Crippen LogP contribution in [0.5, 0.6) is 0 Å². The fraction of sp³-hybridized carbons (Fsp3) is 0.667. The average molecular weight is 325 g/mol. The van der Waals surface area contributed by atoms with Gasteiger partial charge in [-0.05, 0) is 31.9 Å². The lowest BCUT2D eigenvalue weighted by Gasteiger charge is -2.38. The summed E-state index contributed by atoms with van der Waals surface area (Å²) in [7, 11) is 0. The third-order valence-electron chi connectivity index (χ3n) is 4.44. The summed E-state index contributed by atoms with van der Waals surface area (Å²) in [6.07, 6.45) is 1.71. The van der Waals surface area contributed by atoms with Gasteiger partial charge in [0.05, 0.1) is 19.3 Å². The monoisotopic (exact) mass is 324 g/mol. The van der Waals surface area contributed by atoms with E-state index in [1.807, 2.05) is 11.0 Å². The fourth-order valence-corrected chi connectivity index (χ4v) is 3.22. The van der Waals surface area contributed by atoms with E-state index >= 15 is 0 Å². The van der Waals surface area contributed by atoms with Crippen LogP contribution in [0, 0.1) is 5.92 Å². The molecule has 2 fully saturated rings. The molecule has 1 atom stereocenters. The minimum absolute atomic E-state index is 0.108. The average Bonchev–Trinajstić information content (AvgIpc) is 2.56. The number of ether oxygens (including phenoxy) is 1. The molecular formula is C15H21ClN4O2. The van der Waals surface area contributed by atoms with Gasteiger partial charge in [-0.2, -0.15) is 0 Å². The standard InChI is InChI=1S/C15H21ClN4O2/c1-11-10-22-9-8-20(11)15(21)12-4-6-19(7-5-12)14-3-2-13(16)17-18-14/h2-3,11-12H,4-10H2,1H3/t11-/m1/s1. The summed E-state index contributed by atoms with van der Waals surface area (Å²) < 4.78 is 5.41. The molecule has 0 spiro atoms. The van der Waals surface area contributed by atoms with Crippen LogP contribution in [0.3, 0.4) is 0 Å². The van der Waals surface area contributed by atoms with Gasteiger partial charge >= 0.3 is 0 Å². The molecule has 0 aliphatic carbocycles. The second-order valence-corrected chi connectivity index (χ2v) is 6.32. The summed E-state index contributed by atoms with van der Waals surface area (Å²) in [4.78, 5) is 16.8. The topological polar surface area (TPSA) is 58.6 Å². The van der Waals surface area contributed by atoms with Crippen molar-refractivity contribution in [3.05, 3.63) is 17.3 Å². The van der Waals surface area contributed by atoms with Gasteiger partial charge in [-0.1, -0.05) is 11.6 Å². The first-order valence-electron chi connectivity index (χ1n) is 7.77. The molecule has 2 aliphatic heterocycles. The lowest BCUT2D eigenvalue weighted by Crippen LogP contribution is -2.51. The zero-order valence-corrected chi connectivity index (χ0v) is 13.5. The smallest absolute Gasteiger partial charge is 0.226 e. The number of morpholine rings is 1. The molecule has 0 N–H and O–H groups in total. The van der Waals surface area contributed by atoms with Crippen molar-refractivity contribution in [1.82, 2.24) is 15.1 Å². The van der Waals surface area contributed by atoms with Crippen LogP contribution in [0.25, 0.3) is 0 Å². The van der Waals surface area contributed by atoms with Gasteiger partial charge in [0.15, 0.2) is 11.0 Å². The predicted octanol–water partition coefficient (Wildman–Crippen LogP) is 1.59. The Morgan fingerprint density at radius 2 is 2.05 bits per heavy atom. The molecule has 1 aromatic heterocycles. The van der Waals surface area contributed by atoms with Crippen molar-refractivity contribution in [2.75, 3.05) is 37.7 Å². The first-order chi connectivity index (χ1) is 10.6. The highest BCUT2D eigenvalue weighted by molar-refractivity contribution is 6.29. The molecule has 0 aromatic carbocycles. The number of halogens is 1. The molecule has 6 nitrogen and oxygen atoms in total. The molecule has 2 aliphatic rings. The Bertz CT molecular complexity index is 517. The van der Waals surface area contributed by atoms with E-state index < -0.39 is 0 Å². The third kappa shape index (κ3) is 3.33. The van der Waals surface area contributed by atoms with Crippen LogP contribution in [0.15, 0.2) is 12.1 Å². The number of rotatable bonds is 2. The summed E-state index contributed by atoms with van der Waals surface area (Å²) in [5.41, 5.74) is 0. The van der Waals surface area contributed by atoms with Gasteiger partial charge in [-0.3, -0.25) is 4.79 Å². The number of aromatic nitrogens is 2. The van der Waals surface area contributed by atoms with Gasteiger partial charge in [0, 0.05) is 25.6 Å². The van der Waals surface area contributed by atoms with E-state index in [2.05, 4.69) is 22.0 Å². The van der Waals surface area contributed by atoms with Crippen molar-refractivity contribution >= 4 is 23.3 Å². The van der Waals surface area contributed by atoms with Crippen molar-refractivity contribution < 1.29 is 9.53 Å². The normalized spacial score (nSPS) is 23.6. The second kappa shape index (κ2) is 6.79. The Morgan fingerprint density at radius 1 is 1.27 bits per heavy atom. The van der Waals surface area contributed by atoms with Crippen LogP contribution in [-0.4, -0.2) is 59.9 Å². The first kappa shape index (κ1) is 15.5. The van der Waals surface area contributed by atoms with E-state index in [0.717, 1.165) is 31.7 Å². The summed E-state index contributed by atoms with van der Waals surface area (Å²) in [6.45, 7) is 5.70. The predicted molar refractivity (Wildman–Crippen MR) is 84.0 cm³/mol. The largest absolute Gasteiger partial charge is 0.377 e. The van der Waals surface area contributed by atoms with E-state index in [9.17, 15) is 4.79 Å². The number of hydrogen-bond acceptors (Lipinski definition) is 5. The number of carbonyl (C=O) groups is 1. The first-order valence-corrected chi connectivity index (χ1v) is 8.15. The van der Waals surface area contributed by atoms with E-state index in [1.54, 1.807) is 6.07 Å². The Labute approximate surface area is 135 Å². The Morgan fingerprint density at radius 3 is 2.68 bits per heavy atom. The van der Waals surface area contributed by atoms with Gasteiger partial charge in [0.1, 0.15) is 0 Å². The quantitative estimate of drug-likeness (QED) is 0.827. The molecule has 120 valence electrons. The molecule has 3 rings (SSSR count). The van der Waals surface area contributed by atoms with Gasteiger partial charge in [-0.15, -0.1) is 10.2 Å². The number of amides is 1. The Kier molecular flexibility index (Phi) is 4.78. The number of hydrogen-bond donors (Lipinski definition) is 0. The molecule has 1 aromatic rings. The van der Waals surface area contributed by atoms with E-state index in [0.29, 0.717) is 24.9 Å². The molecule has 2 saturated heterocycles. The van der Waals surface area contributed by atoms with Crippen LogP contribution < -0.4 is 4.90 Å². The van der Waals surface area contributed by atoms with Crippen LogP contribution in [0.1, 0.15) is 19.8 Å². The SMILES string of the molecule is C[C@@H]1COCCN1C(=O)C1CCN(c2ccc(Cl)nn2)CC1. The second-order valence-electron chi connectivity index (χ2n) is 5.93. The zero-order chi connectivity index (χ0) is 15.5. The van der Waals surface area contributed by atoms with Crippen LogP contribution in [0.2, 0.25) is 5.15 Å². The van der Waals surface area contributed by atoms with Crippen molar-refractivity contribution in [2.45, 2.75) is 25.8 Å². The Hall–Kier alpha value is -1.40. The summed E-state index contributed by atoms with van der Waals surface area (Å²) in [6, 6.07) is 3.80. The lowest BCUT2D eigenvalue weighted by atomic mass is 9.94. The fourth-order valence-electron chi connectivity index (χ4n) is 3.12. The van der Waals surface area contributed by atoms with Gasteiger partial charge in [-0.25, -0.2) is 0 Å². The van der Waals surface area contributed by atoms with Crippen molar-refractivity contribution in [1.29, 1.82) is 0 Å². The highest BCUT2D eigenvalue weighted by Gasteiger charge is 2.32. The molecule has 1 amide bonds. The van der Waals surface area contributed by atoms with Crippen LogP contribution in [0.4, 0.5) is 5.82 Å². The molecule has 0 radical (unpaired) electrons. The lowest BCUT2D eigenvalue weighted by molar-refractivity contribution is -0.144. The highest BCUT2D eigenvalue weighted by Crippen LogP contribution is 2.24. The number of anilines is 1. The van der Waals surface area contributed by atoms with Gasteiger partial charge < -0.3 is 14.5 Å². The molecule has 0 unspecified atom stereocenters. The van der Waals surface area contributed by atoms with Gasteiger partial charge in [0.25, 0.3) is 0 Å². The number of carbonyl (C=O) groups excluding carboxylic acids is 1. The maximum absolute atomic E-state index is 12.7. The molecular weight excluding hydrogens is 304 g/mol. The number of nitrogens with zero attached hydrogens (tertiary/aromatic N) is 4. The summed E-state index contributed by atoms with van der Waals surface area (Å²) >= 11 is 5.76. The minimum Gasteiger partial charge on any atom is -0.377 e. The maximum atomic E-state index is 12.7. The Balaban J connectivity index is 1.57. The van der Waals surface area contributed by atoms with Crippen molar-refractivity contribution in [3.63, 3.8) is 0 Å². The summed E-state index contributed by atoms with van der Waals surface area (Å²) in [5.74, 6) is 1.21. The maximum Gasteiger partial charge on any atom is 0.226 e. The molecule has 7 heteroatoms. The van der Waals surface area contributed by atoms with E-state index in [-0.39, 0.29) is 17.9 Å². The molecule has 0 saturated carbocycles. The zero-order valence-electron chi connectivity index (χ0n) is 12.7. The van der Waals surface area contributed by atoms with Crippen molar-refractivity contribution in [3.8, 4) is 0 Å². The minimum atomic E-state index is 0.108. The van der Waals surface area contributed by atoms with Gasteiger partial charge in [0.2, 0.25) is 5.91 Å². The van der Waals surface area contributed by atoms with Crippen molar-refractivity contribution in [2.24, 2.45) is 5.92 Å².